The van der Waals surface area contributed by atoms with Gasteiger partial charge in [-0.25, -0.2) is 8.78 Å². The highest BCUT2D eigenvalue weighted by molar-refractivity contribution is 5.95. The summed E-state index contributed by atoms with van der Waals surface area (Å²) in [5.74, 6) is -3.63. The molecule has 1 aliphatic carbocycles. The summed E-state index contributed by atoms with van der Waals surface area (Å²) in [6, 6.07) is 1.98. The lowest BCUT2D eigenvalue weighted by molar-refractivity contribution is -0.136. The van der Waals surface area contributed by atoms with Gasteiger partial charge in [-0.2, -0.15) is 13.2 Å². The van der Waals surface area contributed by atoms with Crippen molar-refractivity contribution in [1.82, 2.24) is 5.32 Å². The number of carbonyl (C=O) groups excluding carboxylic acids is 1. The van der Waals surface area contributed by atoms with Crippen molar-refractivity contribution < 1.29 is 26.7 Å². The molecule has 0 heterocycles. The van der Waals surface area contributed by atoms with Gasteiger partial charge in [0.25, 0.3) is 11.8 Å². The van der Waals surface area contributed by atoms with Gasteiger partial charge in [0.2, 0.25) is 0 Å². The molecule has 8 heteroatoms. The third kappa shape index (κ3) is 3.00. The smallest absolute Gasteiger partial charge is 0.398 e. The number of nitrogens with one attached hydrogen (secondary N) is 1. The van der Waals surface area contributed by atoms with Gasteiger partial charge in [-0.3, -0.25) is 4.79 Å². The maximum Gasteiger partial charge on any atom is 0.418 e. The number of nitrogen functional groups attached to an aromatic ring is 1. The fraction of sp³-hybridized carbons (Fsp3) is 0.417. The largest absolute Gasteiger partial charge is 0.418 e. The van der Waals surface area contributed by atoms with Gasteiger partial charge in [-0.15, -0.1) is 0 Å². The molecule has 20 heavy (non-hydrogen) atoms. The molecule has 0 unspecified atom stereocenters. The maximum atomic E-state index is 12.6. The number of nitrogens with two attached hydrogens (primary N) is 1. The van der Waals surface area contributed by atoms with Crippen LogP contribution in [-0.4, -0.2) is 17.9 Å². The molecule has 3 nitrogen and oxygen atoms in total. The topological polar surface area (TPSA) is 55.1 Å². The van der Waals surface area contributed by atoms with Gasteiger partial charge < -0.3 is 11.1 Å². The van der Waals surface area contributed by atoms with Crippen molar-refractivity contribution in [2.45, 2.75) is 31.0 Å². The number of hydrogen-bond donors (Lipinski definition) is 2. The van der Waals surface area contributed by atoms with Crippen molar-refractivity contribution >= 4 is 11.6 Å². The maximum absolute atomic E-state index is 12.6. The lowest BCUT2D eigenvalue weighted by atomic mass is 9.88. The predicted molar refractivity (Wildman–Crippen MR) is 61.3 cm³/mol. The van der Waals surface area contributed by atoms with Crippen molar-refractivity contribution in [1.29, 1.82) is 0 Å². The second-order valence-electron chi connectivity index (χ2n) is 4.73. The molecule has 0 bridgehead atoms. The standard InChI is InChI=1S/C12H11F5N2O/c13-11(14)4-7(5-11)19-10(20)6-1-2-9(18)8(3-6)12(15,16)17/h1-3,7H,4-5,18H2,(H,19,20). The van der Waals surface area contributed by atoms with E-state index in [-0.39, 0.29) is 5.56 Å². The van der Waals surface area contributed by atoms with E-state index in [1.165, 1.54) is 0 Å². The number of anilines is 1. The molecular weight excluding hydrogens is 283 g/mol. The van der Waals surface area contributed by atoms with Crippen LogP contribution in [0.4, 0.5) is 27.6 Å². The first kappa shape index (κ1) is 14.5. The average Bonchev–Trinajstić information content (AvgIpc) is 2.25. The molecule has 1 aromatic carbocycles. The molecule has 0 saturated heterocycles. The summed E-state index contributed by atoms with van der Waals surface area (Å²) in [5, 5.41) is 2.26. The van der Waals surface area contributed by atoms with E-state index in [1.807, 2.05) is 0 Å². The first-order valence-corrected chi connectivity index (χ1v) is 5.74. The van der Waals surface area contributed by atoms with E-state index in [2.05, 4.69) is 5.32 Å². The molecule has 2 rings (SSSR count). The van der Waals surface area contributed by atoms with E-state index in [9.17, 15) is 26.7 Å². The quantitative estimate of drug-likeness (QED) is 0.651. The van der Waals surface area contributed by atoms with Gasteiger partial charge in [0.1, 0.15) is 0 Å². The Labute approximate surface area is 110 Å². The van der Waals surface area contributed by atoms with Crippen LogP contribution in [0.1, 0.15) is 28.8 Å². The Morgan fingerprint density at radius 3 is 2.40 bits per heavy atom. The summed E-state index contributed by atoms with van der Waals surface area (Å²) in [6.45, 7) is 0. The van der Waals surface area contributed by atoms with Gasteiger partial charge in [-0.1, -0.05) is 0 Å². The van der Waals surface area contributed by atoms with Crippen LogP contribution in [0, 0.1) is 0 Å². The number of benzene rings is 1. The second kappa shape index (κ2) is 4.60. The van der Waals surface area contributed by atoms with Crippen molar-refractivity contribution in [3.8, 4) is 0 Å². The Morgan fingerprint density at radius 1 is 1.30 bits per heavy atom. The third-order valence-electron chi connectivity index (χ3n) is 3.05. The zero-order chi connectivity index (χ0) is 15.1. The number of rotatable bonds is 2. The van der Waals surface area contributed by atoms with Gasteiger partial charge in [0.15, 0.2) is 0 Å². The molecule has 0 aliphatic heterocycles. The zero-order valence-electron chi connectivity index (χ0n) is 10.1. The summed E-state index contributed by atoms with van der Waals surface area (Å²) >= 11 is 0. The third-order valence-corrected chi connectivity index (χ3v) is 3.05. The molecular formula is C12H11F5N2O. The Bertz CT molecular complexity index is 533. The molecule has 3 N–H and O–H groups in total. The number of carbonyl (C=O) groups is 1. The predicted octanol–water partition coefficient (Wildman–Crippen LogP) is 2.82. The molecule has 1 amide bonds. The van der Waals surface area contributed by atoms with Crippen molar-refractivity contribution in [2.75, 3.05) is 5.73 Å². The molecule has 0 atom stereocenters. The lowest BCUT2D eigenvalue weighted by Crippen LogP contribution is -2.50. The van der Waals surface area contributed by atoms with E-state index in [0.29, 0.717) is 6.07 Å². The van der Waals surface area contributed by atoms with E-state index < -0.39 is 48.1 Å². The minimum atomic E-state index is -4.68. The molecule has 1 aromatic rings. The van der Waals surface area contributed by atoms with Gasteiger partial charge in [0, 0.05) is 30.1 Å². The number of alkyl halides is 5. The zero-order valence-corrected chi connectivity index (χ0v) is 10.1. The van der Waals surface area contributed by atoms with Crippen LogP contribution in [0.3, 0.4) is 0 Å². The van der Waals surface area contributed by atoms with Crippen molar-refractivity contribution in [3.63, 3.8) is 0 Å². The summed E-state index contributed by atoms with van der Waals surface area (Å²) in [7, 11) is 0. The minimum Gasteiger partial charge on any atom is -0.398 e. The first-order valence-electron chi connectivity index (χ1n) is 5.74. The van der Waals surface area contributed by atoms with Crippen molar-refractivity contribution in [2.24, 2.45) is 0 Å². The monoisotopic (exact) mass is 294 g/mol. The first-order chi connectivity index (χ1) is 9.08. The molecule has 0 aromatic heterocycles. The van der Waals surface area contributed by atoms with E-state index in [1.54, 1.807) is 0 Å². The van der Waals surface area contributed by atoms with Crippen LogP contribution in [0.15, 0.2) is 18.2 Å². The van der Waals surface area contributed by atoms with E-state index in [4.69, 9.17) is 5.73 Å². The molecule has 0 radical (unpaired) electrons. The summed E-state index contributed by atoms with van der Waals surface area (Å²) in [5.41, 5.74) is 3.32. The average molecular weight is 294 g/mol. The molecule has 0 spiro atoms. The van der Waals surface area contributed by atoms with Gasteiger partial charge in [0.05, 0.1) is 5.56 Å². The Balaban J connectivity index is 2.11. The van der Waals surface area contributed by atoms with Crippen LogP contribution in [-0.2, 0) is 6.18 Å². The SMILES string of the molecule is Nc1ccc(C(=O)NC2CC(F)(F)C2)cc1C(F)(F)F. The fourth-order valence-corrected chi connectivity index (χ4v) is 1.98. The Kier molecular flexibility index (Phi) is 3.35. The second-order valence-corrected chi connectivity index (χ2v) is 4.73. The Hall–Kier alpha value is -1.86. The normalized spacial score (nSPS) is 18.4. The van der Waals surface area contributed by atoms with Crippen LogP contribution in [0.2, 0.25) is 0 Å². The number of hydrogen-bond acceptors (Lipinski definition) is 2. The van der Waals surface area contributed by atoms with Crippen LogP contribution in [0.25, 0.3) is 0 Å². The molecule has 110 valence electrons. The summed E-state index contributed by atoms with van der Waals surface area (Å²) in [6.07, 6.45) is -5.68. The summed E-state index contributed by atoms with van der Waals surface area (Å²) in [4.78, 5) is 11.7. The van der Waals surface area contributed by atoms with Crippen LogP contribution >= 0.6 is 0 Å². The highest BCUT2D eigenvalue weighted by atomic mass is 19.4. The molecule has 1 saturated carbocycles. The number of amides is 1. The minimum absolute atomic E-state index is 0.262. The highest BCUT2D eigenvalue weighted by Crippen LogP contribution is 2.38. The van der Waals surface area contributed by atoms with Crippen molar-refractivity contribution in [3.05, 3.63) is 29.3 Å². The van der Waals surface area contributed by atoms with E-state index >= 15 is 0 Å². The Morgan fingerprint density at radius 2 is 1.90 bits per heavy atom. The molecule has 1 fully saturated rings. The fourth-order valence-electron chi connectivity index (χ4n) is 1.98. The highest BCUT2D eigenvalue weighted by Gasteiger charge is 2.46. The lowest BCUT2D eigenvalue weighted by Gasteiger charge is -2.35. The van der Waals surface area contributed by atoms with E-state index in [0.717, 1.165) is 12.1 Å². The molecule has 1 aliphatic rings. The van der Waals surface area contributed by atoms with Gasteiger partial charge >= 0.3 is 6.18 Å². The van der Waals surface area contributed by atoms with Crippen LogP contribution < -0.4 is 11.1 Å². The van der Waals surface area contributed by atoms with Crippen LogP contribution in [0.5, 0.6) is 0 Å². The summed E-state index contributed by atoms with van der Waals surface area (Å²) < 4.78 is 63.1. The van der Waals surface area contributed by atoms with Gasteiger partial charge in [-0.05, 0) is 18.2 Å². The number of halogens is 5.